The van der Waals surface area contributed by atoms with E-state index in [1.165, 1.54) is 0 Å². The average Bonchev–Trinajstić information content (AvgIpc) is 2.80. The summed E-state index contributed by atoms with van der Waals surface area (Å²) >= 11 is 5.81. The number of hydrogen-bond donors (Lipinski definition) is 1. The lowest BCUT2D eigenvalue weighted by Gasteiger charge is -2.06. The molecule has 0 atom stereocenters. The number of benzene rings is 2. The van der Waals surface area contributed by atoms with Gasteiger partial charge in [-0.05, 0) is 36.4 Å². The smallest absolute Gasteiger partial charge is 0.326 e. The molecule has 1 amide bonds. The van der Waals surface area contributed by atoms with Crippen molar-refractivity contribution in [2.75, 3.05) is 5.32 Å². The number of carbonyl (C=O) groups is 1. The molecule has 0 radical (unpaired) electrons. The highest BCUT2D eigenvalue weighted by molar-refractivity contribution is 6.30. The number of aryl methyl sites for hydroxylation is 2. The first-order chi connectivity index (χ1) is 11.1. The van der Waals surface area contributed by atoms with Gasteiger partial charge in [0.1, 0.15) is 0 Å². The first-order valence-corrected chi connectivity index (χ1v) is 7.64. The van der Waals surface area contributed by atoms with E-state index >= 15 is 0 Å². The number of hydrogen-bond acceptors (Lipinski definition) is 2. The van der Waals surface area contributed by atoms with Crippen molar-refractivity contribution in [1.82, 2.24) is 9.13 Å². The zero-order valence-electron chi connectivity index (χ0n) is 12.6. The van der Waals surface area contributed by atoms with E-state index in [9.17, 15) is 9.59 Å². The Kier molecular flexibility index (Phi) is 4.21. The minimum absolute atomic E-state index is 0.120. The Morgan fingerprint density at radius 1 is 1.09 bits per heavy atom. The van der Waals surface area contributed by atoms with Crippen LogP contribution in [-0.4, -0.2) is 15.0 Å². The van der Waals surface area contributed by atoms with Crippen LogP contribution in [0.15, 0.2) is 53.3 Å². The number of carbonyl (C=O) groups excluding carboxylic acids is 1. The fraction of sp³-hybridized carbons (Fsp3) is 0.176. The molecule has 118 valence electrons. The fourth-order valence-electron chi connectivity index (χ4n) is 2.55. The van der Waals surface area contributed by atoms with Gasteiger partial charge in [0, 0.05) is 30.7 Å². The summed E-state index contributed by atoms with van der Waals surface area (Å²) in [6.45, 7) is 0.333. The van der Waals surface area contributed by atoms with Gasteiger partial charge in [-0.3, -0.25) is 13.9 Å². The van der Waals surface area contributed by atoms with Crippen LogP contribution in [0.2, 0.25) is 5.02 Å². The molecular weight excluding hydrogens is 314 g/mol. The Labute approximate surface area is 138 Å². The number of halogens is 1. The Morgan fingerprint density at radius 3 is 2.43 bits per heavy atom. The predicted molar refractivity (Wildman–Crippen MR) is 91.9 cm³/mol. The Bertz CT molecular complexity index is 910. The zero-order chi connectivity index (χ0) is 16.4. The van der Waals surface area contributed by atoms with Crippen LogP contribution in [-0.2, 0) is 18.4 Å². The molecule has 6 heteroatoms. The summed E-state index contributed by atoms with van der Waals surface area (Å²) < 4.78 is 3.21. The van der Waals surface area contributed by atoms with Crippen LogP contribution in [0.3, 0.4) is 0 Å². The second-order valence-electron chi connectivity index (χ2n) is 5.29. The van der Waals surface area contributed by atoms with Gasteiger partial charge in [-0.15, -0.1) is 0 Å². The van der Waals surface area contributed by atoms with Gasteiger partial charge in [-0.2, -0.15) is 0 Å². The summed E-state index contributed by atoms with van der Waals surface area (Å²) in [7, 11) is 1.73. The van der Waals surface area contributed by atoms with E-state index in [0.29, 0.717) is 17.3 Å². The predicted octanol–water partition coefficient (Wildman–Crippen LogP) is 3.02. The quantitative estimate of drug-likeness (QED) is 0.800. The highest BCUT2D eigenvalue weighted by Gasteiger charge is 2.11. The number of nitrogens with zero attached hydrogens (tertiary/aromatic N) is 2. The lowest BCUT2D eigenvalue weighted by atomic mass is 10.3. The molecule has 0 bridgehead atoms. The standard InChI is InChI=1S/C17H16ClN3O2/c1-20-14-4-2-3-5-15(14)21(17(20)23)11-10-16(22)19-13-8-6-12(18)7-9-13/h2-9H,10-11H2,1H3,(H,19,22). The molecule has 23 heavy (non-hydrogen) atoms. The maximum absolute atomic E-state index is 12.3. The van der Waals surface area contributed by atoms with Crippen molar-refractivity contribution in [3.63, 3.8) is 0 Å². The van der Waals surface area contributed by atoms with Gasteiger partial charge in [0.25, 0.3) is 0 Å². The third-order valence-electron chi connectivity index (χ3n) is 3.74. The highest BCUT2D eigenvalue weighted by Crippen LogP contribution is 2.14. The summed E-state index contributed by atoms with van der Waals surface area (Å²) in [5.41, 5.74) is 2.25. The van der Waals surface area contributed by atoms with Crippen molar-refractivity contribution in [3.8, 4) is 0 Å². The molecule has 0 aliphatic heterocycles. The van der Waals surface area contributed by atoms with Crippen LogP contribution in [0.4, 0.5) is 5.69 Å². The number of fused-ring (bicyclic) bond motifs is 1. The monoisotopic (exact) mass is 329 g/mol. The Balaban J connectivity index is 1.73. The normalized spacial score (nSPS) is 10.9. The van der Waals surface area contributed by atoms with Crippen LogP contribution < -0.4 is 11.0 Å². The first kappa shape index (κ1) is 15.4. The van der Waals surface area contributed by atoms with Gasteiger partial charge >= 0.3 is 5.69 Å². The molecule has 0 saturated carbocycles. The van der Waals surface area contributed by atoms with Gasteiger partial charge < -0.3 is 5.32 Å². The van der Waals surface area contributed by atoms with E-state index in [1.807, 2.05) is 24.3 Å². The summed E-state index contributed by atoms with van der Waals surface area (Å²) in [6.07, 6.45) is 0.219. The van der Waals surface area contributed by atoms with Crippen molar-refractivity contribution in [3.05, 3.63) is 64.0 Å². The highest BCUT2D eigenvalue weighted by atomic mass is 35.5. The number of aromatic nitrogens is 2. The first-order valence-electron chi connectivity index (χ1n) is 7.26. The number of nitrogens with one attached hydrogen (secondary N) is 1. The number of rotatable bonds is 4. The SMILES string of the molecule is Cn1c(=O)n(CCC(=O)Nc2ccc(Cl)cc2)c2ccccc21. The van der Waals surface area contributed by atoms with Gasteiger partial charge in [0.15, 0.2) is 0 Å². The van der Waals surface area contributed by atoms with Gasteiger partial charge in [-0.25, -0.2) is 4.79 Å². The zero-order valence-corrected chi connectivity index (χ0v) is 13.4. The van der Waals surface area contributed by atoms with Crippen LogP contribution in [0.25, 0.3) is 11.0 Å². The largest absolute Gasteiger partial charge is 0.328 e. The van der Waals surface area contributed by atoms with Crippen molar-refractivity contribution >= 4 is 34.2 Å². The van der Waals surface area contributed by atoms with E-state index < -0.39 is 0 Å². The molecule has 3 aromatic rings. The van der Waals surface area contributed by atoms with Crippen LogP contribution in [0.1, 0.15) is 6.42 Å². The minimum atomic E-state index is -0.146. The molecule has 1 aromatic heterocycles. The van der Waals surface area contributed by atoms with E-state index in [0.717, 1.165) is 11.0 Å². The molecule has 0 aliphatic rings. The number of imidazole rings is 1. The van der Waals surface area contributed by atoms with Crippen molar-refractivity contribution in [2.45, 2.75) is 13.0 Å². The number of para-hydroxylation sites is 2. The molecule has 0 unspecified atom stereocenters. The molecule has 0 fully saturated rings. The van der Waals surface area contributed by atoms with E-state index in [2.05, 4.69) is 5.32 Å². The topological polar surface area (TPSA) is 56.0 Å². The van der Waals surface area contributed by atoms with Crippen LogP contribution in [0, 0.1) is 0 Å². The Morgan fingerprint density at radius 2 is 1.74 bits per heavy atom. The summed E-state index contributed by atoms with van der Waals surface area (Å²) in [5.74, 6) is -0.146. The fourth-order valence-corrected chi connectivity index (χ4v) is 2.68. The third-order valence-corrected chi connectivity index (χ3v) is 3.99. The minimum Gasteiger partial charge on any atom is -0.326 e. The summed E-state index contributed by atoms with van der Waals surface area (Å²) in [6, 6.07) is 14.5. The number of amides is 1. The summed E-state index contributed by atoms with van der Waals surface area (Å²) in [4.78, 5) is 24.3. The van der Waals surface area contributed by atoms with Crippen LogP contribution in [0.5, 0.6) is 0 Å². The lowest BCUT2D eigenvalue weighted by molar-refractivity contribution is -0.116. The molecule has 1 N–H and O–H groups in total. The Hall–Kier alpha value is -2.53. The maximum Gasteiger partial charge on any atom is 0.328 e. The van der Waals surface area contributed by atoms with E-state index in [4.69, 9.17) is 11.6 Å². The molecule has 3 rings (SSSR count). The van der Waals surface area contributed by atoms with Gasteiger partial charge in [0.2, 0.25) is 5.91 Å². The molecule has 1 heterocycles. The molecule has 2 aromatic carbocycles. The maximum atomic E-state index is 12.3. The second-order valence-corrected chi connectivity index (χ2v) is 5.72. The van der Waals surface area contributed by atoms with Gasteiger partial charge in [0.05, 0.1) is 11.0 Å². The van der Waals surface area contributed by atoms with Crippen molar-refractivity contribution in [1.29, 1.82) is 0 Å². The lowest BCUT2D eigenvalue weighted by Crippen LogP contribution is -2.24. The summed E-state index contributed by atoms with van der Waals surface area (Å²) in [5, 5.41) is 3.41. The number of anilines is 1. The van der Waals surface area contributed by atoms with Crippen molar-refractivity contribution in [2.24, 2.45) is 7.05 Å². The van der Waals surface area contributed by atoms with Crippen molar-refractivity contribution < 1.29 is 4.79 Å². The average molecular weight is 330 g/mol. The second kappa shape index (κ2) is 6.30. The van der Waals surface area contributed by atoms with Gasteiger partial charge in [-0.1, -0.05) is 23.7 Å². The van der Waals surface area contributed by atoms with Crippen LogP contribution >= 0.6 is 11.6 Å². The van der Waals surface area contributed by atoms with E-state index in [1.54, 1.807) is 40.4 Å². The molecule has 5 nitrogen and oxygen atoms in total. The molecular formula is C17H16ClN3O2. The molecule has 0 saturated heterocycles. The third kappa shape index (κ3) is 3.14. The molecule has 0 spiro atoms. The van der Waals surface area contributed by atoms with E-state index in [-0.39, 0.29) is 18.0 Å². The molecule has 0 aliphatic carbocycles.